The van der Waals surface area contributed by atoms with Crippen molar-refractivity contribution >= 4 is 43.5 Å². The number of hydrogen-bond donors (Lipinski definition) is 1. The number of rotatable bonds is 14. The molecule has 0 bridgehead atoms. The van der Waals surface area contributed by atoms with Crippen LogP contribution in [0.25, 0.3) is 0 Å². The van der Waals surface area contributed by atoms with Gasteiger partial charge in [0, 0.05) is 17.1 Å². The molecule has 0 heterocycles. The second kappa shape index (κ2) is 16.1. The third kappa shape index (κ3) is 9.00. The highest BCUT2D eigenvalue weighted by Crippen LogP contribution is 2.28. The van der Waals surface area contributed by atoms with Gasteiger partial charge in [0.15, 0.2) is 0 Å². The van der Waals surface area contributed by atoms with Gasteiger partial charge in [-0.25, -0.2) is 8.42 Å². The van der Waals surface area contributed by atoms with Gasteiger partial charge in [0.25, 0.3) is 10.0 Å². The van der Waals surface area contributed by atoms with Gasteiger partial charge in [-0.1, -0.05) is 54.2 Å². The van der Waals surface area contributed by atoms with E-state index in [2.05, 4.69) is 21.2 Å². The van der Waals surface area contributed by atoms with E-state index in [9.17, 15) is 18.0 Å². The average molecular weight is 701 g/mol. The lowest BCUT2D eigenvalue weighted by atomic mass is 9.95. The van der Waals surface area contributed by atoms with Crippen LogP contribution in [-0.4, -0.2) is 57.5 Å². The van der Waals surface area contributed by atoms with Crippen LogP contribution >= 0.6 is 15.9 Å². The fourth-order valence-corrected chi connectivity index (χ4v) is 7.25. The Morgan fingerprint density at radius 2 is 1.64 bits per heavy atom. The molecule has 0 spiro atoms. The predicted octanol–water partition coefficient (Wildman–Crippen LogP) is 6.31. The van der Waals surface area contributed by atoms with E-state index in [1.54, 1.807) is 49.6 Å². The Kier molecular flexibility index (Phi) is 12.3. The summed E-state index contributed by atoms with van der Waals surface area (Å²) < 4.78 is 41.0. The lowest BCUT2D eigenvalue weighted by molar-refractivity contribution is -0.140. The highest BCUT2D eigenvalue weighted by molar-refractivity contribution is 9.10. The minimum atomic E-state index is -4.18. The van der Waals surface area contributed by atoms with E-state index in [1.165, 1.54) is 17.0 Å². The number of nitrogens with one attached hydrogen (secondary N) is 1. The van der Waals surface area contributed by atoms with Crippen molar-refractivity contribution in [2.45, 2.75) is 75.9 Å². The fraction of sp³-hybridized carbons (Fsp3) is 0.412. The molecule has 1 atom stereocenters. The average Bonchev–Trinajstić information content (AvgIpc) is 3.04. The van der Waals surface area contributed by atoms with Gasteiger partial charge in [0.05, 0.1) is 24.3 Å². The van der Waals surface area contributed by atoms with E-state index in [0.29, 0.717) is 30.2 Å². The van der Waals surface area contributed by atoms with E-state index in [1.807, 2.05) is 32.0 Å². The number of benzene rings is 3. The molecule has 11 heteroatoms. The van der Waals surface area contributed by atoms with Crippen molar-refractivity contribution in [1.82, 2.24) is 10.2 Å². The molecule has 45 heavy (non-hydrogen) atoms. The summed E-state index contributed by atoms with van der Waals surface area (Å²) in [5.74, 6) is 0.467. The van der Waals surface area contributed by atoms with Crippen LogP contribution in [0.15, 0.2) is 82.2 Å². The summed E-state index contributed by atoms with van der Waals surface area (Å²) >= 11 is 3.36. The third-order valence-electron chi connectivity index (χ3n) is 7.94. The lowest BCUT2D eigenvalue weighted by Gasteiger charge is -2.34. The summed E-state index contributed by atoms with van der Waals surface area (Å²) in [6.45, 7) is 3.77. The van der Waals surface area contributed by atoms with Crippen LogP contribution in [0, 0.1) is 0 Å². The van der Waals surface area contributed by atoms with Crippen LogP contribution < -0.4 is 19.1 Å². The van der Waals surface area contributed by atoms with E-state index in [-0.39, 0.29) is 23.4 Å². The zero-order valence-electron chi connectivity index (χ0n) is 26.1. The molecule has 1 N–H and O–H groups in total. The number of amides is 2. The first-order valence-electron chi connectivity index (χ1n) is 15.4. The third-order valence-corrected chi connectivity index (χ3v) is 10.3. The van der Waals surface area contributed by atoms with Gasteiger partial charge < -0.3 is 19.7 Å². The molecule has 0 aromatic heterocycles. The Morgan fingerprint density at radius 3 is 2.27 bits per heavy atom. The SMILES string of the molecule is CCOc1ccc(N(CC(=O)N(Cc2cccc(OC)c2)C(CC)C(=O)NC2CCCCC2)S(=O)(=O)c2ccc(Br)cc2)cc1. The van der Waals surface area contributed by atoms with Crippen LogP contribution in [0.1, 0.15) is 57.9 Å². The van der Waals surface area contributed by atoms with Gasteiger partial charge in [-0.3, -0.25) is 13.9 Å². The smallest absolute Gasteiger partial charge is 0.264 e. The molecule has 3 aromatic rings. The normalized spacial score (nSPS) is 14.3. The quantitative estimate of drug-likeness (QED) is 0.212. The van der Waals surface area contributed by atoms with Crippen LogP contribution in [0.5, 0.6) is 11.5 Å². The molecule has 1 aliphatic rings. The molecule has 1 unspecified atom stereocenters. The maximum atomic E-state index is 14.4. The molecular weight excluding hydrogens is 658 g/mol. The first-order chi connectivity index (χ1) is 21.7. The highest BCUT2D eigenvalue weighted by atomic mass is 79.9. The van der Waals surface area contributed by atoms with Crippen LogP contribution in [-0.2, 0) is 26.2 Å². The molecule has 242 valence electrons. The van der Waals surface area contributed by atoms with Gasteiger partial charge in [-0.15, -0.1) is 0 Å². The summed E-state index contributed by atoms with van der Waals surface area (Å²) in [4.78, 5) is 29.6. The number of hydrogen-bond acceptors (Lipinski definition) is 6. The van der Waals surface area contributed by atoms with Crippen LogP contribution in [0.2, 0.25) is 0 Å². The van der Waals surface area contributed by atoms with Crippen molar-refractivity contribution < 1.29 is 27.5 Å². The first-order valence-corrected chi connectivity index (χ1v) is 17.6. The zero-order chi connectivity index (χ0) is 32.4. The molecule has 1 saturated carbocycles. The molecule has 0 saturated heterocycles. The molecular formula is C34H42BrN3O6S. The Bertz CT molecular complexity index is 1530. The second-order valence-electron chi connectivity index (χ2n) is 11.0. The Morgan fingerprint density at radius 1 is 0.956 bits per heavy atom. The van der Waals surface area contributed by atoms with Crippen molar-refractivity contribution in [2.75, 3.05) is 24.6 Å². The maximum absolute atomic E-state index is 14.4. The molecule has 2 amide bonds. The van der Waals surface area contributed by atoms with Crippen LogP contribution in [0.4, 0.5) is 5.69 Å². The molecule has 4 rings (SSSR count). The van der Waals surface area contributed by atoms with Gasteiger partial charge >= 0.3 is 0 Å². The molecule has 1 aliphatic carbocycles. The fourth-order valence-electron chi connectivity index (χ4n) is 5.57. The Labute approximate surface area is 275 Å². The summed E-state index contributed by atoms with van der Waals surface area (Å²) in [6.07, 6.45) is 5.43. The number of sulfonamides is 1. The lowest BCUT2D eigenvalue weighted by Crippen LogP contribution is -2.54. The number of halogens is 1. The number of ether oxygens (including phenoxy) is 2. The largest absolute Gasteiger partial charge is 0.497 e. The standard InChI is InChI=1S/C34H42BrN3O6S/c1-4-32(34(40)36-27-11-7-6-8-12-27)37(23-25-10-9-13-30(22-25)43-3)33(39)24-38(28-16-18-29(19-17-28)44-5-2)45(41,42)31-20-14-26(35)15-21-31/h9-10,13-22,27,32H,4-8,11-12,23-24H2,1-3H3,(H,36,40). The Balaban J connectivity index is 1.72. The monoisotopic (exact) mass is 699 g/mol. The second-order valence-corrected chi connectivity index (χ2v) is 13.8. The minimum absolute atomic E-state index is 0.0359. The topological polar surface area (TPSA) is 105 Å². The predicted molar refractivity (Wildman–Crippen MR) is 179 cm³/mol. The van der Waals surface area contributed by atoms with E-state index in [0.717, 1.165) is 46.4 Å². The summed E-state index contributed by atoms with van der Waals surface area (Å²) in [5, 5.41) is 3.17. The van der Waals surface area contributed by atoms with Gasteiger partial charge in [0.2, 0.25) is 11.8 Å². The molecule has 1 fully saturated rings. The first kappa shape index (κ1) is 34.3. The van der Waals surface area contributed by atoms with Gasteiger partial charge in [-0.2, -0.15) is 0 Å². The van der Waals surface area contributed by atoms with E-state index in [4.69, 9.17) is 9.47 Å². The maximum Gasteiger partial charge on any atom is 0.264 e. The number of methoxy groups -OCH3 is 1. The number of anilines is 1. The minimum Gasteiger partial charge on any atom is -0.497 e. The molecule has 0 radical (unpaired) electrons. The number of carbonyl (C=O) groups excluding carboxylic acids is 2. The van der Waals surface area contributed by atoms with Crippen molar-refractivity contribution in [1.29, 1.82) is 0 Å². The number of nitrogens with zero attached hydrogens (tertiary/aromatic N) is 2. The van der Waals surface area contributed by atoms with E-state index < -0.39 is 28.5 Å². The summed E-state index contributed by atoms with van der Waals surface area (Å²) in [6, 6.07) is 19.4. The van der Waals surface area contributed by atoms with E-state index >= 15 is 0 Å². The highest BCUT2D eigenvalue weighted by Gasteiger charge is 2.34. The zero-order valence-corrected chi connectivity index (χ0v) is 28.5. The number of carbonyl (C=O) groups is 2. The van der Waals surface area contributed by atoms with Crippen molar-refractivity contribution in [2.24, 2.45) is 0 Å². The molecule has 9 nitrogen and oxygen atoms in total. The summed E-state index contributed by atoms with van der Waals surface area (Å²) in [5.41, 5.74) is 1.06. The van der Waals surface area contributed by atoms with Gasteiger partial charge in [-0.05, 0) is 92.4 Å². The van der Waals surface area contributed by atoms with Gasteiger partial charge in [0.1, 0.15) is 24.1 Å². The van der Waals surface area contributed by atoms with Crippen molar-refractivity contribution in [3.8, 4) is 11.5 Å². The Hall–Kier alpha value is -3.57. The van der Waals surface area contributed by atoms with Crippen molar-refractivity contribution in [3.63, 3.8) is 0 Å². The van der Waals surface area contributed by atoms with Crippen molar-refractivity contribution in [3.05, 3.63) is 82.8 Å². The molecule has 0 aliphatic heterocycles. The van der Waals surface area contributed by atoms with Crippen LogP contribution in [0.3, 0.4) is 0 Å². The summed E-state index contributed by atoms with van der Waals surface area (Å²) in [7, 11) is -2.61. The molecule has 3 aromatic carbocycles.